The van der Waals surface area contributed by atoms with E-state index in [4.69, 9.17) is 5.73 Å². The molecule has 0 unspecified atom stereocenters. The highest BCUT2D eigenvalue weighted by Gasteiger charge is 2.26. The Kier molecular flexibility index (Phi) is 3.16. The van der Waals surface area contributed by atoms with Gasteiger partial charge in [-0.15, -0.1) is 5.10 Å². The summed E-state index contributed by atoms with van der Waals surface area (Å²) in [5, 5.41) is 7.83. The minimum atomic E-state index is -2.83. The van der Waals surface area contributed by atoms with Crippen LogP contribution < -0.4 is 5.73 Å². The molecule has 1 aliphatic rings. The molecular weight excluding hydrogens is 294 g/mol. The molecule has 2 rings (SSSR count). The van der Waals surface area contributed by atoms with Gasteiger partial charge in [-0.1, -0.05) is 0 Å². The van der Waals surface area contributed by atoms with Crippen molar-refractivity contribution in [3.8, 4) is 0 Å². The molecule has 0 spiro atoms. The Morgan fingerprint density at radius 2 is 1.94 bits per heavy atom. The van der Waals surface area contributed by atoms with E-state index in [2.05, 4.69) is 26.1 Å². The van der Waals surface area contributed by atoms with Crippen LogP contribution in [0.3, 0.4) is 0 Å². The highest BCUT2D eigenvalue weighted by molar-refractivity contribution is 9.10. The Labute approximate surface area is 102 Å². The summed E-state index contributed by atoms with van der Waals surface area (Å²) in [6, 6.07) is 1.82. The van der Waals surface area contributed by atoms with Crippen LogP contribution in [0, 0.1) is 0 Å². The summed E-state index contributed by atoms with van der Waals surface area (Å²) in [6.45, 7) is 0. The Morgan fingerprint density at radius 1 is 1.31 bits per heavy atom. The molecule has 0 radical (unpaired) electrons. The van der Waals surface area contributed by atoms with Gasteiger partial charge in [0.15, 0.2) is 5.82 Å². The Morgan fingerprint density at radius 3 is 2.50 bits per heavy atom. The topological polar surface area (TPSA) is 85.9 Å². The van der Waals surface area contributed by atoms with Gasteiger partial charge in [0.05, 0.1) is 21.7 Å². The molecular formula is C9H12BrN3O2S. The van der Waals surface area contributed by atoms with Gasteiger partial charge in [0.1, 0.15) is 9.84 Å². The van der Waals surface area contributed by atoms with Crippen LogP contribution in [0.5, 0.6) is 0 Å². The number of nitrogen functional groups attached to an aromatic ring is 1. The fraction of sp³-hybridized carbons (Fsp3) is 0.556. The van der Waals surface area contributed by atoms with E-state index in [0.717, 1.165) is 5.69 Å². The zero-order chi connectivity index (χ0) is 11.8. The summed E-state index contributed by atoms with van der Waals surface area (Å²) in [4.78, 5) is 0. The van der Waals surface area contributed by atoms with E-state index in [1.807, 2.05) is 6.07 Å². The molecule has 0 aliphatic carbocycles. The van der Waals surface area contributed by atoms with Gasteiger partial charge in [-0.2, -0.15) is 5.10 Å². The third kappa shape index (κ3) is 2.52. The lowest BCUT2D eigenvalue weighted by Gasteiger charge is -2.21. The maximum atomic E-state index is 11.3. The van der Waals surface area contributed by atoms with Crippen LogP contribution in [0.4, 0.5) is 5.82 Å². The van der Waals surface area contributed by atoms with Crippen molar-refractivity contribution in [3.63, 3.8) is 0 Å². The van der Waals surface area contributed by atoms with Crippen LogP contribution in [0.15, 0.2) is 10.5 Å². The molecule has 1 aromatic rings. The smallest absolute Gasteiger partial charge is 0.160 e. The van der Waals surface area contributed by atoms with Crippen molar-refractivity contribution in [2.75, 3.05) is 17.2 Å². The highest BCUT2D eigenvalue weighted by Crippen LogP contribution is 2.29. The van der Waals surface area contributed by atoms with E-state index in [0.29, 0.717) is 23.1 Å². The number of rotatable bonds is 1. The van der Waals surface area contributed by atoms with Crippen LogP contribution in [0.25, 0.3) is 0 Å². The predicted molar refractivity (Wildman–Crippen MR) is 64.8 cm³/mol. The van der Waals surface area contributed by atoms with Crippen LogP contribution in [-0.4, -0.2) is 30.1 Å². The van der Waals surface area contributed by atoms with Crippen LogP contribution in [0.2, 0.25) is 0 Å². The number of nitrogens with two attached hydrogens (primary N) is 1. The van der Waals surface area contributed by atoms with Crippen LogP contribution >= 0.6 is 15.9 Å². The number of aromatic nitrogens is 2. The minimum absolute atomic E-state index is 0.174. The molecule has 0 aromatic carbocycles. The van der Waals surface area contributed by atoms with Gasteiger partial charge in [-0.05, 0) is 34.8 Å². The molecule has 7 heteroatoms. The predicted octanol–water partition coefficient (Wildman–Crippen LogP) is 1.11. The molecule has 0 saturated carbocycles. The molecule has 2 heterocycles. The van der Waals surface area contributed by atoms with Gasteiger partial charge < -0.3 is 5.73 Å². The summed E-state index contributed by atoms with van der Waals surface area (Å²) < 4.78 is 23.3. The third-order valence-electron chi connectivity index (χ3n) is 2.77. The van der Waals surface area contributed by atoms with E-state index < -0.39 is 9.84 Å². The van der Waals surface area contributed by atoms with Gasteiger partial charge in [0.25, 0.3) is 0 Å². The first kappa shape index (κ1) is 11.8. The van der Waals surface area contributed by atoms with E-state index in [-0.39, 0.29) is 17.4 Å². The largest absolute Gasteiger partial charge is 0.381 e. The monoisotopic (exact) mass is 305 g/mol. The van der Waals surface area contributed by atoms with Crippen molar-refractivity contribution in [1.82, 2.24) is 10.2 Å². The zero-order valence-corrected chi connectivity index (χ0v) is 11.0. The maximum Gasteiger partial charge on any atom is 0.160 e. The lowest BCUT2D eigenvalue weighted by molar-refractivity contribution is 0.541. The molecule has 1 saturated heterocycles. The number of sulfone groups is 1. The van der Waals surface area contributed by atoms with E-state index in [1.165, 1.54) is 0 Å². The van der Waals surface area contributed by atoms with Crippen LogP contribution in [0.1, 0.15) is 24.5 Å². The molecule has 1 aliphatic heterocycles. The second-order valence-electron chi connectivity index (χ2n) is 3.93. The molecule has 16 heavy (non-hydrogen) atoms. The average Bonchev–Trinajstić information content (AvgIpc) is 2.22. The maximum absolute atomic E-state index is 11.3. The fourth-order valence-corrected chi connectivity index (χ4v) is 3.58. The summed E-state index contributed by atoms with van der Waals surface area (Å²) in [7, 11) is -2.83. The Bertz CT molecular complexity index is 489. The van der Waals surface area contributed by atoms with Crippen LogP contribution in [-0.2, 0) is 9.84 Å². The molecule has 88 valence electrons. The number of nitrogens with zero attached hydrogens (tertiary/aromatic N) is 2. The van der Waals surface area contributed by atoms with E-state index in [1.54, 1.807) is 0 Å². The van der Waals surface area contributed by atoms with Crippen molar-refractivity contribution < 1.29 is 8.42 Å². The van der Waals surface area contributed by atoms with E-state index in [9.17, 15) is 8.42 Å². The number of hydrogen-bond donors (Lipinski definition) is 1. The molecule has 2 N–H and O–H groups in total. The van der Waals surface area contributed by atoms with Crippen molar-refractivity contribution in [1.29, 1.82) is 0 Å². The minimum Gasteiger partial charge on any atom is -0.381 e. The average molecular weight is 306 g/mol. The number of halogens is 1. The Balaban J connectivity index is 2.17. The standard InChI is InChI=1S/C9H12BrN3O2S/c10-7-5-8(12-13-9(7)11)6-1-3-16(14,15)4-2-6/h5-6H,1-4H2,(H2,11,13). The summed E-state index contributed by atoms with van der Waals surface area (Å²) in [5.74, 6) is 1.00. The number of hydrogen-bond acceptors (Lipinski definition) is 5. The van der Waals surface area contributed by atoms with Gasteiger partial charge in [0.2, 0.25) is 0 Å². The molecule has 5 nitrogen and oxygen atoms in total. The lowest BCUT2D eigenvalue weighted by atomic mass is 9.99. The molecule has 0 bridgehead atoms. The molecule has 0 atom stereocenters. The SMILES string of the molecule is Nc1nnc(C2CCS(=O)(=O)CC2)cc1Br. The molecule has 1 aromatic heterocycles. The summed E-state index contributed by atoms with van der Waals surface area (Å²) >= 11 is 3.29. The lowest BCUT2D eigenvalue weighted by Crippen LogP contribution is -2.23. The zero-order valence-electron chi connectivity index (χ0n) is 8.56. The first-order valence-corrected chi connectivity index (χ1v) is 7.58. The summed E-state index contributed by atoms with van der Waals surface area (Å²) in [6.07, 6.45) is 1.24. The van der Waals surface area contributed by atoms with Gasteiger partial charge in [0, 0.05) is 5.92 Å². The van der Waals surface area contributed by atoms with Crippen molar-refractivity contribution >= 4 is 31.6 Å². The van der Waals surface area contributed by atoms with Gasteiger partial charge in [-0.3, -0.25) is 0 Å². The van der Waals surface area contributed by atoms with Gasteiger partial charge in [-0.25, -0.2) is 8.42 Å². The van der Waals surface area contributed by atoms with E-state index >= 15 is 0 Å². The summed E-state index contributed by atoms with van der Waals surface area (Å²) in [5.41, 5.74) is 6.36. The molecule has 1 fully saturated rings. The first-order valence-electron chi connectivity index (χ1n) is 4.97. The second kappa shape index (κ2) is 4.29. The quantitative estimate of drug-likeness (QED) is 0.840. The third-order valence-corrected chi connectivity index (χ3v) is 5.12. The fourth-order valence-electron chi connectivity index (χ4n) is 1.78. The van der Waals surface area contributed by atoms with Crippen molar-refractivity contribution in [2.45, 2.75) is 18.8 Å². The Hall–Kier alpha value is -0.690. The van der Waals surface area contributed by atoms with Crippen molar-refractivity contribution in [3.05, 3.63) is 16.2 Å². The highest BCUT2D eigenvalue weighted by atomic mass is 79.9. The first-order chi connectivity index (χ1) is 7.48. The normalized spacial score (nSPS) is 20.8. The number of anilines is 1. The van der Waals surface area contributed by atoms with Crippen molar-refractivity contribution in [2.24, 2.45) is 0 Å². The van der Waals surface area contributed by atoms with Gasteiger partial charge >= 0.3 is 0 Å². The second-order valence-corrected chi connectivity index (χ2v) is 7.09. The molecule has 0 amide bonds.